The van der Waals surface area contributed by atoms with Gasteiger partial charge in [-0.2, -0.15) is 9.78 Å². The number of phenols is 1. The Kier molecular flexibility index (Phi) is 6.50. The van der Waals surface area contributed by atoms with Gasteiger partial charge in [0.15, 0.2) is 0 Å². The molecule has 0 aliphatic carbocycles. The monoisotopic (exact) mass is 440 g/mol. The minimum Gasteiger partial charge on any atom is -0.508 e. The average molecular weight is 441 g/mol. The molecule has 3 heterocycles. The van der Waals surface area contributed by atoms with Gasteiger partial charge < -0.3 is 15.3 Å². The van der Waals surface area contributed by atoms with E-state index >= 15 is 0 Å². The van der Waals surface area contributed by atoms with Crippen molar-refractivity contribution >= 4 is 17.6 Å². The Morgan fingerprint density at radius 1 is 1.13 bits per heavy atom. The lowest BCUT2D eigenvalue weighted by molar-refractivity contribution is 0.155. The molecular formula is C22H25ClN6O2. The second-order valence-electron chi connectivity index (χ2n) is 7.65. The molecule has 1 aromatic carbocycles. The number of aromatic hydroxyl groups is 1. The van der Waals surface area contributed by atoms with Crippen LogP contribution in [0.15, 0.2) is 48.9 Å². The second-order valence-corrected chi connectivity index (χ2v) is 8.08. The molecule has 1 aliphatic rings. The molecule has 0 unspecified atom stereocenters. The van der Waals surface area contributed by atoms with Gasteiger partial charge in [-0.15, -0.1) is 0 Å². The van der Waals surface area contributed by atoms with Gasteiger partial charge in [0.1, 0.15) is 11.4 Å². The van der Waals surface area contributed by atoms with Crippen LogP contribution in [0.4, 0.5) is 4.79 Å². The van der Waals surface area contributed by atoms with Crippen LogP contribution in [0.3, 0.4) is 0 Å². The highest BCUT2D eigenvalue weighted by molar-refractivity contribution is 6.31. The average Bonchev–Trinajstić information content (AvgIpc) is 3.21. The van der Waals surface area contributed by atoms with Crippen molar-refractivity contribution in [2.24, 2.45) is 0 Å². The molecule has 1 fully saturated rings. The van der Waals surface area contributed by atoms with E-state index in [2.05, 4.69) is 32.2 Å². The molecule has 1 aliphatic heterocycles. The molecule has 3 aromatic rings. The minimum atomic E-state index is -0.304. The van der Waals surface area contributed by atoms with Crippen molar-refractivity contribution in [3.05, 3.63) is 53.9 Å². The summed E-state index contributed by atoms with van der Waals surface area (Å²) in [6, 6.07) is 8.14. The number of amides is 1. The number of nitrogens with one attached hydrogen (secondary N) is 1. The maximum atomic E-state index is 12.8. The first-order valence-corrected chi connectivity index (χ1v) is 10.6. The summed E-state index contributed by atoms with van der Waals surface area (Å²) in [6.07, 6.45) is 5.05. The van der Waals surface area contributed by atoms with Gasteiger partial charge >= 0.3 is 6.03 Å². The summed E-state index contributed by atoms with van der Waals surface area (Å²) < 4.78 is 1.30. The van der Waals surface area contributed by atoms with Gasteiger partial charge in [-0.05, 0) is 42.9 Å². The summed E-state index contributed by atoms with van der Waals surface area (Å²) in [5, 5.41) is 17.8. The molecule has 31 heavy (non-hydrogen) atoms. The lowest BCUT2D eigenvalue weighted by atomic mass is 10.0. The van der Waals surface area contributed by atoms with Crippen LogP contribution in [0.25, 0.3) is 22.4 Å². The van der Waals surface area contributed by atoms with E-state index in [0.29, 0.717) is 22.8 Å². The smallest absolute Gasteiger partial charge is 0.342 e. The van der Waals surface area contributed by atoms with E-state index in [1.165, 1.54) is 10.7 Å². The van der Waals surface area contributed by atoms with Crippen molar-refractivity contribution in [3.8, 4) is 28.1 Å². The minimum absolute atomic E-state index is 0.0364. The maximum Gasteiger partial charge on any atom is 0.342 e. The van der Waals surface area contributed by atoms with Crippen LogP contribution in [-0.2, 0) is 0 Å². The zero-order chi connectivity index (χ0) is 21.8. The summed E-state index contributed by atoms with van der Waals surface area (Å²) in [7, 11) is 2.12. The molecule has 0 saturated carbocycles. The van der Waals surface area contributed by atoms with Crippen molar-refractivity contribution in [2.75, 3.05) is 46.3 Å². The lowest BCUT2D eigenvalue weighted by Crippen LogP contribution is -2.47. The number of hydrogen-bond donors (Lipinski definition) is 2. The number of benzene rings is 1. The predicted molar refractivity (Wildman–Crippen MR) is 120 cm³/mol. The standard InChI is InChI=1S/C22H25ClN6O2/c1-27-8-10-28(11-9-27)7-6-25-22(31)29-15-20(16-2-4-24-5-3-16)21(26-29)17-12-18(23)14-19(30)13-17/h2-5,12-15,30H,6-11H2,1H3,(H,25,31). The van der Waals surface area contributed by atoms with Gasteiger partial charge in [0.05, 0.1) is 0 Å². The predicted octanol–water partition coefficient (Wildman–Crippen LogP) is 2.78. The molecule has 0 radical (unpaired) electrons. The Morgan fingerprint density at radius 2 is 1.87 bits per heavy atom. The van der Waals surface area contributed by atoms with Crippen molar-refractivity contribution in [1.29, 1.82) is 0 Å². The largest absolute Gasteiger partial charge is 0.508 e. The number of carbonyl (C=O) groups is 1. The molecule has 9 heteroatoms. The van der Waals surface area contributed by atoms with Gasteiger partial charge in [-0.1, -0.05) is 11.6 Å². The number of pyridine rings is 1. The third-order valence-electron chi connectivity index (χ3n) is 5.37. The summed E-state index contributed by atoms with van der Waals surface area (Å²) in [4.78, 5) is 21.5. The van der Waals surface area contributed by atoms with Crippen molar-refractivity contribution < 1.29 is 9.90 Å². The van der Waals surface area contributed by atoms with Gasteiger partial charge in [0.2, 0.25) is 0 Å². The number of aromatic nitrogens is 3. The highest BCUT2D eigenvalue weighted by Gasteiger charge is 2.18. The first kappa shape index (κ1) is 21.3. The Balaban J connectivity index is 1.54. The highest BCUT2D eigenvalue weighted by Crippen LogP contribution is 2.34. The third-order valence-corrected chi connectivity index (χ3v) is 5.59. The number of nitrogens with zero attached hydrogens (tertiary/aromatic N) is 5. The van der Waals surface area contributed by atoms with Gasteiger partial charge in [-0.3, -0.25) is 9.88 Å². The zero-order valence-electron chi connectivity index (χ0n) is 17.3. The third kappa shape index (κ3) is 5.22. The second kappa shape index (κ2) is 9.47. The number of carbonyl (C=O) groups excluding carboxylic acids is 1. The van der Waals surface area contributed by atoms with Crippen molar-refractivity contribution in [3.63, 3.8) is 0 Å². The van der Waals surface area contributed by atoms with Gasteiger partial charge in [0.25, 0.3) is 0 Å². The molecule has 1 amide bonds. The number of hydrogen-bond acceptors (Lipinski definition) is 6. The van der Waals surface area contributed by atoms with E-state index in [1.54, 1.807) is 30.7 Å². The van der Waals surface area contributed by atoms with Crippen LogP contribution in [0, 0.1) is 0 Å². The molecule has 0 bridgehead atoms. The number of piperazine rings is 1. The molecule has 0 atom stereocenters. The van der Waals surface area contributed by atoms with Crippen LogP contribution in [0.2, 0.25) is 5.02 Å². The Bertz CT molecular complexity index is 1030. The van der Waals surface area contributed by atoms with E-state index in [4.69, 9.17) is 11.6 Å². The number of phenolic OH excluding ortho intramolecular Hbond substituents is 1. The molecule has 4 rings (SSSR count). The molecule has 8 nitrogen and oxygen atoms in total. The van der Waals surface area contributed by atoms with E-state index in [9.17, 15) is 9.90 Å². The van der Waals surface area contributed by atoms with Gasteiger partial charge in [-0.25, -0.2) is 4.79 Å². The molecule has 162 valence electrons. The SMILES string of the molecule is CN1CCN(CCNC(=O)n2cc(-c3ccncc3)c(-c3cc(O)cc(Cl)c3)n2)CC1. The van der Waals surface area contributed by atoms with Crippen LogP contribution in [0.1, 0.15) is 0 Å². The quantitative estimate of drug-likeness (QED) is 0.634. The Labute approximate surface area is 186 Å². The van der Waals surface area contributed by atoms with Crippen molar-refractivity contribution in [1.82, 2.24) is 29.9 Å². The van der Waals surface area contributed by atoms with Crippen LogP contribution in [-0.4, -0.2) is 82.0 Å². The molecule has 2 aromatic heterocycles. The number of likely N-dealkylation sites (N-methyl/N-ethyl adjacent to an activating group) is 1. The molecule has 2 N–H and O–H groups in total. The fourth-order valence-electron chi connectivity index (χ4n) is 3.62. The fourth-order valence-corrected chi connectivity index (χ4v) is 3.85. The van der Waals surface area contributed by atoms with E-state index in [0.717, 1.165) is 43.9 Å². The summed E-state index contributed by atoms with van der Waals surface area (Å²) in [6.45, 7) is 5.43. The fraction of sp³-hybridized carbons (Fsp3) is 0.318. The normalized spacial score (nSPS) is 15.2. The van der Waals surface area contributed by atoms with E-state index < -0.39 is 0 Å². The molecular weight excluding hydrogens is 416 g/mol. The van der Waals surface area contributed by atoms with Crippen LogP contribution >= 0.6 is 11.6 Å². The summed E-state index contributed by atoms with van der Waals surface area (Å²) >= 11 is 6.13. The molecule has 0 spiro atoms. The first-order chi connectivity index (χ1) is 15.0. The first-order valence-electron chi connectivity index (χ1n) is 10.2. The van der Waals surface area contributed by atoms with Crippen molar-refractivity contribution in [2.45, 2.75) is 0 Å². The highest BCUT2D eigenvalue weighted by atomic mass is 35.5. The number of rotatable bonds is 5. The Morgan fingerprint density at radius 3 is 2.58 bits per heavy atom. The topological polar surface area (TPSA) is 86.5 Å². The van der Waals surface area contributed by atoms with E-state index in [1.807, 2.05) is 12.1 Å². The van der Waals surface area contributed by atoms with E-state index in [-0.39, 0.29) is 11.8 Å². The number of halogens is 1. The lowest BCUT2D eigenvalue weighted by Gasteiger charge is -2.32. The van der Waals surface area contributed by atoms with Gasteiger partial charge in [0, 0.05) is 74.0 Å². The van der Waals surface area contributed by atoms with Crippen LogP contribution < -0.4 is 5.32 Å². The summed E-state index contributed by atoms with van der Waals surface area (Å²) in [5.74, 6) is 0.0364. The van der Waals surface area contributed by atoms with Crippen LogP contribution in [0.5, 0.6) is 5.75 Å². The maximum absolute atomic E-state index is 12.8. The Hall–Kier alpha value is -2.94. The molecule has 1 saturated heterocycles. The zero-order valence-corrected chi connectivity index (χ0v) is 18.1. The summed E-state index contributed by atoms with van der Waals surface area (Å²) in [5.41, 5.74) is 2.79.